The number of thiazole rings is 1. The Morgan fingerprint density at radius 2 is 1.96 bits per heavy atom. The summed E-state index contributed by atoms with van der Waals surface area (Å²) in [6.45, 7) is -0.147. The molecular formula is C18H19F3N2O2S. The van der Waals surface area contributed by atoms with Crippen LogP contribution in [0.25, 0.3) is 0 Å². The molecule has 0 unspecified atom stereocenters. The van der Waals surface area contributed by atoms with Gasteiger partial charge in [-0.2, -0.15) is 13.2 Å². The third-order valence-electron chi connectivity index (χ3n) is 4.59. The van der Waals surface area contributed by atoms with E-state index in [1.54, 1.807) is 0 Å². The van der Waals surface area contributed by atoms with Gasteiger partial charge >= 0.3 is 12.1 Å². The molecule has 2 heterocycles. The van der Waals surface area contributed by atoms with Crippen LogP contribution >= 0.6 is 11.3 Å². The van der Waals surface area contributed by atoms with Gasteiger partial charge in [-0.3, -0.25) is 9.69 Å². The molecule has 1 saturated heterocycles. The predicted molar refractivity (Wildman–Crippen MR) is 91.9 cm³/mol. The molecule has 26 heavy (non-hydrogen) atoms. The van der Waals surface area contributed by atoms with E-state index in [-0.39, 0.29) is 19.6 Å². The summed E-state index contributed by atoms with van der Waals surface area (Å²) in [7, 11) is 0. The molecule has 0 spiro atoms. The number of likely N-dealkylation sites (tertiary alicyclic amines) is 1. The first-order valence-electron chi connectivity index (χ1n) is 8.32. The van der Waals surface area contributed by atoms with Crippen LogP contribution in [0.3, 0.4) is 0 Å². The number of carbonyl (C=O) groups is 1. The number of carboxylic acids is 1. The van der Waals surface area contributed by atoms with Crippen molar-refractivity contribution in [3.8, 4) is 0 Å². The average molecular weight is 384 g/mol. The smallest absolute Gasteiger partial charge is 0.393 e. The van der Waals surface area contributed by atoms with Gasteiger partial charge in [-0.15, -0.1) is 11.3 Å². The molecule has 1 aromatic carbocycles. The van der Waals surface area contributed by atoms with Crippen molar-refractivity contribution in [2.45, 2.75) is 25.6 Å². The molecule has 0 saturated carbocycles. The number of hydrogen-bond donors (Lipinski definition) is 1. The van der Waals surface area contributed by atoms with Gasteiger partial charge in [0.25, 0.3) is 0 Å². The lowest BCUT2D eigenvalue weighted by Crippen LogP contribution is -2.33. The minimum atomic E-state index is -4.50. The van der Waals surface area contributed by atoms with Gasteiger partial charge in [0.2, 0.25) is 0 Å². The quantitative estimate of drug-likeness (QED) is 0.827. The Kier molecular flexibility index (Phi) is 5.62. The second-order valence-corrected chi connectivity index (χ2v) is 7.45. The van der Waals surface area contributed by atoms with E-state index in [2.05, 4.69) is 4.98 Å². The molecule has 1 N–H and O–H groups in total. The summed E-state index contributed by atoms with van der Waals surface area (Å²) in [6.07, 6.45) is -2.87. The van der Waals surface area contributed by atoms with Gasteiger partial charge in [0.1, 0.15) is 0 Å². The molecule has 1 aliphatic rings. The Bertz CT molecular complexity index is 748. The fourth-order valence-electron chi connectivity index (χ4n) is 3.26. The van der Waals surface area contributed by atoms with Crippen LogP contribution in [0, 0.1) is 11.8 Å². The van der Waals surface area contributed by atoms with E-state index in [1.165, 1.54) is 21.8 Å². The maximum atomic E-state index is 13.0. The number of aliphatic carboxylic acids is 1. The number of hydrogen-bond acceptors (Lipinski definition) is 4. The minimum absolute atomic E-state index is 0.101. The Labute approximate surface area is 153 Å². The van der Waals surface area contributed by atoms with Crippen LogP contribution in [0.15, 0.2) is 35.7 Å². The van der Waals surface area contributed by atoms with E-state index in [0.29, 0.717) is 5.69 Å². The van der Waals surface area contributed by atoms with Crippen molar-refractivity contribution >= 4 is 17.3 Å². The van der Waals surface area contributed by atoms with Gasteiger partial charge in [0, 0.05) is 31.4 Å². The standard InChI is InChI=1S/C18H19F3N2O2S/c19-18(20,21)15-10-23(9-14(15)17(24)25)8-13-11-26-16(22-13)7-6-12-4-2-1-3-5-12/h1-5,11,14-15H,6-10H2,(H,24,25)/t14-,15-/m1/s1. The summed E-state index contributed by atoms with van der Waals surface area (Å²) in [5.74, 6) is -4.63. The van der Waals surface area contributed by atoms with Crippen LogP contribution in [0.1, 0.15) is 16.3 Å². The minimum Gasteiger partial charge on any atom is -0.481 e. The number of aromatic nitrogens is 1. The third kappa shape index (κ3) is 4.62. The van der Waals surface area contributed by atoms with Crippen molar-refractivity contribution in [1.29, 1.82) is 0 Å². The topological polar surface area (TPSA) is 53.4 Å². The highest BCUT2D eigenvalue weighted by atomic mass is 32.1. The van der Waals surface area contributed by atoms with Gasteiger partial charge in [-0.25, -0.2) is 4.98 Å². The highest BCUT2D eigenvalue weighted by molar-refractivity contribution is 7.09. The van der Waals surface area contributed by atoms with E-state index in [9.17, 15) is 18.0 Å². The predicted octanol–water partition coefficient (Wildman–Crippen LogP) is 3.62. The fourth-order valence-corrected chi connectivity index (χ4v) is 4.05. The number of benzene rings is 1. The van der Waals surface area contributed by atoms with Gasteiger partial charge in [0.05, 0.1) is 22.5 Å². The van der Waals surface area contributed by atoms with Gasteiger partial charge in [-0.1, -0.05) is 30.3 Å². The van der Waals surface area contributed by atoms with Crippen LogP contribution in [0.2, 0.25) is 0 Å². The second-order valence-electron chi connectivity index (χ2n) is 6.51. The Morgan fingerprint density at radius 1 is 1.23 bits per heavy atom. The van der Waals surface area contributed by atoms with E-state index < -0.39 is 24.0 Å². The van der Waals surface area contributed by atoms with Crippen molar-refractivity contribution in [1.82, 2.24) is 9.88 Å². The molecule has 8 heteroatoms. The molecule has 1 aliphatic heterocycles. The highest BCUT2D eigenvalue weighted by Gasteiger charge is 2.52. The number of aryl methyl sites for hydroxylation is 2. The second kappa shape index (κ2) is 7.75. The summed E-state index contributed by atoms with van der Waals surface area (Å²) in [5, 5.41) is 11.9. The molecule has 140 valence electrons. The van der Waals surface area contributed by atoms with Gasteiger partial charge in [-0.05, 0) is 12.0 Å². The number of alkyl halides is 3. The maximum absolute atomic E-state index is 13.0. The molecule has 0 aliphatic carbocycles. The average Bonchev–Trinajstić information content (AvgIpc) is 3.21. The monoisotopic (exact) mass is 384 g/mol. The van der Waals surface area contributed by atoms with Crippen molar-refractivity contribution < 1.29 is 23.1 Å². The first-order valence-corrected chi connectivity index (χ1v) is 9.20. The van der Waals surface area contributed by atoms with Crippen molar-refractivity contribution in [2.75, 3.05) is 13.1 Å². The SMILES string of the molecule is O=C(O)[C@@H]1CN(Cc2csc(CCc3ccccc3)n2)C[C@H]1C(F)(F)F. The summed E-state index contributed by atoms with van der Waals surface area (Å²) < 4.78 is 39.1. The molecule has 4 nitrogen and oxygen atoms in total. The van der Waals surface area contributed by atoms with E-state index in [1.807, 2.05) is 35.7 Å². The highest BCUT2D eigenvalue weighted by Crippen LogP contribution is 2.38. The van der Waals surface area contributed by atoms with Crippen molar-refractivity contribution in [3.05, 3.63) is 52.0 Å². The molecule has 2 aromatic rings. The summed E-state index contributed by atoms with van der Waals surface area (Å²) >= 11 is 1.49. The molecule has 0 amide bonds. The molecule has 0 bridgehead atoms. The Balaban J connectivity index is 1.58. The summed E-state index contributed by atoms with van der Waals surface area (Å²) in [6, 6.07) is 10.0. The lowest BCUT2D eigenvalue weighted by molar-refractivity contribution is -0.188. The Hall–Kier alpha value is -1.93. The number of halogens is 3. The lowest BCUT2D eigenvalue weighted by Gasteiger charge is -2.18. The lowest BCUT2D eigenvalue weighted by atomic mass is 9.96. The Morgan fingerprint density at radius 3 is 2.58 bits per heavy atom. The molecular weight excluding hydrogens is 365 g/mol. The zero-order valence-electron chi connectivity index (χ0n) is 13.9. The normalized spacial score (nSPS) is 21.2. The van der Waals surface area contributed by atoms with Crippen LogP contribution in [-0.2, 0) is 24.2 Å². The van der Waals surface area contributed by atoms with Crippen molar-refractivity contribution in [2.24, 2.45) is 11.8 Å². The van der Waals surface area contributed by atoms with Crippen LogP contribution in [0.4, 0.5) is 13.2 Å². The number of rotatable bonds is 6. The maximum Gasteiger partial charge on any atom is 0.393 e. The first-order chi connectivity index (χ1) is 12.3. The van der Waals surface area contributed by atoms with Gasteiger partial charge < -0.3 is 5.11 Å². The molecule has 3 rings (SSSR count). The molecule has 2 atom stereocenters. The summed E-state index contributed by atoms with van der Waals surface area (Å²) in [4.78, 5) is 17.2. The van der Waals surface area contributed by atoms with E-state index in [0.717, 1.165) is 17.8 Å². The third-order valence-corrected chi connectivity index (χ3v) is 5.55. The molecule has 1 fully saturated rings. The van der Waals surface area contributed by atoms with Crippen LogP contribution in [-0.4, -0.2) is 40.2 Å². The van der Waals surface area contributed by atoms with Crippen LogP contribution in [0.5, 0.6) is 0 Å². The summed E-state index contributed by atoms with van der Waals surface area (Å²) in [5.41, 5.74) is 1.91. The zero-order chi connectivity index (χ0) is 18.7. The first kappa shape index (κ1) is 18.8. The largest absolute Gasteiger partial charge is 0.481 e. The molecule has 0 radical (unpaired) electrons. The zero-order valence-corrected chi connectivity index (χ0v) is 14.8. The van der Waals surface area contributed by atoms with Crippen LogP contribution < -0.4 is 0 Å². The number of nitrogens with zero attached hydrogens (tertiary/aromatic N) is 2. The van der Waals surface area contributed by atoms with Gasteiger partial charge in [0.15, 0.2) is 0 Å². The molecule has 1 aromatic heterocycles. The van der Waals surface area contributed by atoms with Crippen molar-refractivity contribution in [3.63, 3.8) is 0 Å². The fraction of sp³-hybridized carbons (Fsp3) is 0.444. The van der Waals surface area contributed by atoms with E-state index in [4.69, 9.17) is 5.11 Å². The number of carboxylic acid groups (broad SMARTS) is 1. The van der Waals surface area contributed by atoms with E-state index >= 15 is 0 Å².